The molecule has 0 aliphatic heterocycles. The summed E-state index contributed by atoms with van der Waals surface area (Å²) in [7, 11) is 0. The zero-order chi connectivity index (χ0) is 13.4. The average molecular weight is 357 g/mol. The van der Waals surface area contributed by atoms with E-state index in [9.17, 15) is 0 Å². The molecule has 1 aliphatic carbocycles. The van der Waals surface area contributed by atoms with Gasteiger partial charge in [-0.3, -0.25) is 0 Å². The van der Waals surface area contributed by atoms with E-state index in [4.69, 9.17) is 11.6 Å². The van der Waals surface area contributed by atoms with Crippen molar-refractivity contribution in [3.05, 3.63) is 49.1 Å². The Hall–Kier alpha value is -0.510. The molecule has 1 nitrogen and oxygen atoms in total. The molecule has 19 heavy (non-hydrogen) atoms. The van der Waals surface area contributed by atoms with Gasteiger partial charge < -0.3 is 5.32 Å². The van der Waals surface area contributed by atoms with Crippen LogP contribution in [0.2, 0.25) is 5.02 Å². The van der Waals surface area contributed by atoms with Crippen molar-refractivity contribution in [3.63, 3.8) is 0 Å². The lowest BCUT2D eigenvalue weighted by atomic mass is 9.94. The van der Waals surface area contributed by atoms with Gasteiger partial charge in [0.05, 0.1) is 9.83 Å². The summed E-state index contributed by atoms with van der Waals surface area (Å²) in [5.41, 5.74) is 3.67. The summed E-state index contributed by atoms with van der Waals surface area (Å²) < 4.78 is 1.23. The topological polar surface area (TPSA) is 12.0 Å². The molecule has 0 saturated carbocycles. The van der Waals surface area contributed by atoms with Crippen molar-refractivity contribution >= 4 is 44.6 Å². The van der Waals surface area contributed by atoms with Crippen LogP contribution in [0.15, 0.2) is 28.1 Å². The monoisotopic (exact) mass is 355 g/mol. The molecular formula is C15H15BrClNS. The maximum atomic E-state index is 6.19. The minimum Gasteiger partial charge on any atom is -0.378 e. The molecule has 1 atom stereocenters. The summed E-state index contributed by atoms with van der Waals surface area (Å²) in [5.74, 6) is 0. The van der Waals surface area contributed by atoms with Gasteiger partial charge in [0.25, 0.3) is 0 Å². The lowest BCUT2D eigenvalue weighted by Gasteiger charge is -2.24. The summed E-state index contributed by atoms with van der Waals surface area (Å²) in [4.78, 5) is 1.51. The molecule has 1 N–H and O–H groups in total. The first-order valence-corrected chi connectivity index (χ1v) is 8.43. The number of hydrogen-bond acceptors (Lipinski definition) is 2. The zero-order valence-corrected chi connectivity index (χ0v) is 13.8. The smallest absolute Gasteiger partial charge is 0.0705 e. The Morgan fingerprint density at radius 2 is 2.21 bits per heavy atom. The third-order valence-electron chi connectivity index (χ3n) is 3.60. The Morgan fingerprint density at radius 1 is 1.37 bits per heavy atom. The molecule has 1 unspecified atom stereocenters. The van der Waals surface area contributed by atoms with Crippen LogP contribution in [-0.4, -0.2) is 0 Å². The highest BCUT2D eigenvalue weighted by Crippen LogP contribution is 2.39. The van der Waals surface area contributed by atoms with Crippen molar-refractivity contribution in [1.82, 2.24) is 0 Å². The van der Waals surface area contributed by atoms with Crippen molar-refractivity contribution in [1.29, 1.82) is 0 Å². The van der Waals surface area contributed by atoms with E-state index in [1.807, 2.05) is 24.3 Å². The number of thiophene rings is 1. The van der Waals surface area contributed by atoms with Gasteiger partial charge in [-0.05, 0) is 71.4 Å². The number of rotatable bonds is 2. The maximum Gasteiger partial charge on any atom is 0.0705 e. The molecule has 2 aromatic rings. The van der Waals surface area contributed by atoms with E-state index in [1.54, 1.807) is 0 Å². The Morgan fingerprint density at radius 3 is 3.00 bits per heavy atom. The lowest BCUT2D eigenvalue weighted by molar-refractivity contribution is 0.609. The van der Waals surface area contributed by atoms with Crippen LogP contribution in [0, 0.1) is 6.92 Å². The highest BCUT2D eigenvalue weighted by Gasteiger charge is 2.22. The first-order chi connectivity index (χ1) is 9.13. The molecule has 1 aliphatic rings. The van der Waals surface area contributed by atoms with Crippen LogP contribution in [-0.2, 0) is 6.42 Å². The van der Waals surface area contributed by atoms with Crippen molar-refractivity contribution < 1.29 is 0 Å². The summed E-state index contributed by atoms with van der Waals surface area (Å²) in [6, 6.07) is 8.86. The van der Waals surface area contributed by atoms with Crippen molar-refractivity contribution in [3.8, 4) is 0 Å². The SMILES string of the molecule is Cc1ccc(NC2CCCc3sc(Br)cc32)cc1Cl. The Labute approximate surface area is 131 Å². The molecule has 0 amide bonds. The third-order valence-corrected chi connectivity index (χ3v) is 5.72. The number of fused-ring (bicyclic) bond motifs is 1. The van der Waals surface area contributed by atoms with Crippen LogP contribution in [0.3, 0.4) is 0 Å². The Balaban J connectivity index is 1.86. The van der Waals surface area contributed by atoms with E-state index in [2.05, 4.69) is 39.4 Å². The van der Waals surface area contributed by atoms with E-state index in [1.165, 1.54) is 33.5 Å². The van der Waals surface area contributed by atoms with Crippen LogP contribution in [0.25, 0.3) is 0 Å². The normalized spacial score (nSPS) is 18.2. The second kappa shape index (κ2) is 5.47. The lowest BCUT2D eigenvalue weighted by Crippen LogP contribution is -2.15. The molecule has 0 saturated heterocycles. The van der Waals surface area contributed by atoms with Crippen LogP contribution in [0.1, 0.15) is 34.9 Å². The number of anilines is 1. The summed E-state index contributed by atoms with van der Waals surface area (Å²) in [5, 5.41) is 4.45. The molecule has 0 fully saturated rings. The average Bonchev–Trinajstić information content (AvgIpc) is 2.75. The van der Waals surface area contributed by atoms with Gasteiger partial charge in [0.15, 0.2) is 0 Å². The van der Waals surface area contributed by atoms with Gasteiger partial charge in [-0.15, -0.1) is 11.3 Å². The van der Waals surface area contributed by atoms with Gasteiger partial charge in [-0.25, -0.2) is 0 Å². The van der Waals surface area contributed by atoms with Gasteiger partial charge in [-0.1, -0.05) is 17.7 Å². The highest BCUT2D eigenvalue weighted by atomic mass is 79.9. The summed E-state index contributed by atoms with van der Waals surface area (Å²) in [6.07, 6.45) is 3.64. The number of nitrogens with one attached hydrogen (secondary N) is 1. The number of benzene rings is 1. The molecule has 3 rings (SSSR count). The number of hydrogen-bond donors (Lipinski definition) is 1. The highest BCUT2D eigenvalue weighted by molar-refractivity contribution is 9.11. The van der Waals surface area contributed by atoms with Crippen LogP contribution >= 0.6 is 38.9 Å². The zero-order valence-electron chi connectivity index (χ0n) is 10.7. The largest absolute Gasteiger partial charge is 0.378 e. The van der Waals surface area contributed by atoms with E-state index in [-0.39, 0.29) is 0 Å². The minimum atomic E-state index is 0.407. The molecule has 4 heteroatoms. The minimum absolute atomic E-state index is 0.407. The van der Waals surface area contributed by atoms with Gasteiger partial charge >= 0.3 is 0 Å². The van der Waals surface area contributed by atoms with Crippen molar-refractivity contribution in [2.75, 3.05) is 5.32 Å². The standard InChI is InChI=1S/C15H15BrClNS/c1-9-5-6-10(7-12(9)17)18-13-3-2-4-14-11(13)8-15(16)19-14/h5-8,13,18H,2-4H2,1H3. The fourth-order valence-corrected chi connectivity index (χ4v) is 4.56. The fraction of sp³-hybridized carbons (Fsp3) is 0.333. The maximum absolute atomic E-state index is 6.19. The molecular weight excluding hydrogens is 342 g/mol. The molecule has 100 valence electrons. The van der Waals surface area contributed by atoms with Gasteiger partial charge in [0.2, 0.25) is 0 Å². The van der Waals surface area contributed by atoms with E-state index < -0.39 is 0 Å². The quantitative estimate of drug-likeness (QED) is 0.699. The molecule has 0 radical (unpaired) electrons. The van der Waals surface area contributed by atoms with Crippen molar-refractivity contribution in [2.24, 2.45) is 0 Å². The number of halogens is 2. The Bertz CT molecular complexity index is 608. The Kier molecular flexibility index (Phi) is 3.88. The predicted octanol–water partition coefficient (Wildman–Crippen LogP) is 5.96. The predicted molar refractivity (Wildman–Crippen MR) is 87.5 cm³/mol. The van der Waals surface area contributed by atoms with Crippen LogP contribution in [0.5, 0.6) is 0 Å². The molecule has 1 aromatic heterocycles. The second-order valence-electron chi connectivity index (χ2n) is 4.98. The first-order valence-electron chi connectivity index (χ1n) is 6.44. The van der Waals surface area contributed by atoms with Gasteiger partial charge in [-0.2, -0.15) is 0 Å². The molecule has 0 spiro atoms. The second-order valence-corrected chi connectivity index (χ2v) is 7.91. The molecule has 1 aromatic carbocycles. The van der Waals surface area contributed by atoms with Gasteiger partial charge in [0.1, 0.15) is 0 Å². The van der Waals surface area contributed by atoms with Gasteiger partial charge in [0, 0.05) is 15.6 Å². The van der Waals surface area contributed by atoms with E-state index in [0.717, 1.165) is 16.3 Å². The van der Waals surface area contributed by atoms with Crippen molar-refractivity contribution in [2.45, 2.75) is 32.2 Å². The fourth-order valence-electron chi connectivity index (χ4n) is 2.56. The van der Waals surface area contributed by atoms with E-state index >= 15 is 0 Å². The molecule has 0 bridgehead atoms. The number of aryl methyl sites for hydroxylation is 2. The van der Waals surface area contributed by atoms with Crippen LogP contribution in [0.4, 0.5) is 5.69 Å². The summed E-state index contributed by atoms with van der Waals surface area (Å²) in [6.45, 7) is 2.03. The van der Waals surface area contributed by atoms with E-state index in [0.29, 0.717) is 6.04 Å². The summed E-state index contributed by atoms with van der Waals surface area (Å²) >= 11 is 11.6. The van der Waals surface area contributed by atoms with Crippen LogP contribution < -0.4 is 5.32 Å². The molecule has 1 heterocycles. The third kappa shape index (κ3) is 2.83. The first kappa shape index (κ1) is 13.5.